The minimum Gasteiger partial charge on any atom is -0.466 e. The Morgan fingerprint density at radius 2 is 0.739 bits per heavy atom. The van der Waals surface area contributed by atoms with Crippen LogP contribution in [0.15, 0.2) is 24.3 Å². The molecule has 0 aliphatic heterocycles. The molecule has 0 fully saturated rings. The maximum absolute atomic E-state index is 12.5. The molecule has 69 heavy (non-hydrogen) atoms. The van der Waals surface area contributed by atoms with Crippen LogP contribution in [-0.4, -0.2) is 47.4 Å². The second-order valence-corrected chi connectivity index (χ2v) is 21.4. The summed E-state index contributed by atoms with van der Waals surface area (Å²) in [6.45, 7) is 4.92. The van der Waals surface area contributed by atoms with Crippen LogP contribution in [0.1, 0.15) is 341 Å². The normalized spacial score (nSPS) is 12.7. The number of ether oxygens (including phenoxy) is 1. The monoisotopic (exact) mass is 972 g/mol. The number of hydrogen-bond donors (Lipinski definition) is 3. The highest BCUT2D eigenvalue weighted by molar-refractivity contribution is 5.76. The van der Waals surface area contributed by atoms with E-state index in [4.69, 9.17) is 4.74 Å². The minimum atomic E-state index is -0.661. The van der Waals surface area contributed by atoms with Crippen molar-refractivity contribution < 1.29 is 24.5 Å². The van der Waals surface area contributed by atoms with Crippen LogP contribution in [0.2, 0.25) is 0 Å². The number of aliphatic hydroxyl groups excluding tert-OH is 2. The first-order chi connectivity index (χ1) is 34.0. The zero-order chi connectivity index (χ0) is 50.0. The molecule has 0 aromatic carbocycles. The fraction of sp³-hybridized carbons (Fsp3) is 0.905. The zero-order valence-corrected chi connectivity index (χ0v) is 46.6. The lowest BCUT2D eigenvalue weighted by molar-refractivity contribution is -0.143. The van der Waals surface area contributed by atoms with Crippen molar-refractivity contribution in [3.05, 3.63) is 24.3 Å². The van der Waals surface area contributed by atoms with E-state index in [1.807, 2.05) is 0 Å². The van der Waals surface area contributed by atoms with E-state index >= 15 is 0 Å². The van der Waals surface area contributed by atoms with E-state index in [1.54, 1.807) is 0 Å². The molecule has 6 nitrogen and oxygen atoms in total. The van der Waals surface area contributed by atoms with Gasteiger partial charge >= 0.3 is 5.97 Å². The van der Waals surface area contributed by atoms with E-state index in [-0.39, 0.29) is 18.5 Å². The van der Waals surface area contributed by atoms with Gasteiger partial charge in [0.05, 0.1) is 25.4 Å². The summed E-state index contributed by atoms with van der Waals surface area (Å²) in [5.41, 5.74) is 0. The molecule has 0 aliphatic carbocycles. The van der Waals surface area contributed by atoms with Crippen LogP contribution in [0.4, 0.5) is 0 Å². The summed E-state index contributed by atoms with van der Waals surface area (Å²) in [5, 5.41) is 23.2. The first-order valence-corrected chi connectivity index (χ1v) is 31.1. The Morgan fingerprint density at radius 1 is 0.406 bits per heavy atom. The molecule has 0 bridgehead atoms. The Hall–Kier alpha value is -1.66. The molecule has 1 amide bonds. The average Bonchev–Trinajstić information content (AvgIpc) is 3.35. The van der Waals surface area contributed by atoms with Crippen molar-refractivity contribution in [3.8, 4) is 0 Å². The Bertz CT molecular complexity index is 1080. The Labute approximate surface area is 431 Å². The third kappa shape index (κ3) is 55.5. The molecule has 2 unspecified atom stereocenters. The van der Waals surface area contributed by atoms with Gasteiger partial charge in [0.2, 0.25) is 5.91 Å². The van der Waals surface area contributed by atoms with Crippen LogP contribution in [0.3, 0.4) is 0 Å². The van der Waals surface area contributed by atoms with Crippen LogP contribution in [0, 0.1) is 0 Å². The molecule has 0 aliphatic rings. The number of aliphatic hydroxyl groups is 2. The van der Waals surface area contributed by atoms with Crippen molar-refractivity contribution in [2.24, 2.45) is 0 Å². The molecule has 6 heteroatoms. The molecule has 0 heterocycles. The number of unbranched alkanes of at least 4 members (excludes halogenated alkanes) is 43. The standard InChI is InChI=1S/C63H121NO5/c1-3-5-7-9-11-13-15-17-33-37-41-45-49-53-57-63(68)69-58-54-50-46-42-38-34-31-29-27-25-23-21-19-18-20-22-24-26-28-30-32-36-40-44-48-52-56-62(67)64-60(59-65)61(66)55-51-47-43-39-35-16-14-12-10-8-6-4-2/h9,11,15,17,60-61,65-66H,3-8,10,12-14,16,18-59H2,1-2H3,(H,64,67)/b11-9-,17-15-. The maximum Gasteiger partial charge on any atom is 0.305 e. The van der Waals surface area contributed by atoms with Crippen LogP contribution >= 0.6 is 0 Å². The predicted molar refractivity (Wildman–Crippen MR) is 301 cm³/mol. The quantitative estimate of drug-likeness (QED) is 0.0321. The molecule has 3 N–H and O–H groups in total. The topological polar surface area (TPSA) is 95.9 Å². The largest absolute Gasteiger partial charge is 0.466 e. The van der Waals surface area contributed by atoms with Gasteiger partial charge in [0.15, 0.2) is 0 Å². The summed E-state index contributed by atoms with van der Waals surface area (Å²) in [5.74, 6) is -0.0293. The SMILES string of the molecule is CCCC/C=C\C/C=C\CCCCCCCC(=O)OCCCCCCCCCCCCCCCCCCCCCCCCCCCCC(=O)NC(CO)C(O)CCCCCCCCCCCCCC. The number of esters is 1. The molecular weight excluding hydrogens is 851 g/mol. The summed E-state index contributed by atoms with van der Waals surface area (Å²) >= 11 is 0. The van der Waals surface area contributed by atoms with Crippen molar-refractivity contribution >= 4 is 11.9 Å². The van der Waals surface area contributed by atoms with Gasteiger partial charge in [-0.15, -0.1) is 0 Å². The Kier molecular flexibility index (Phi) is 57.5. The molecule has 0 saturated heterocycles. The van der Waals surface area contributed by atoms with Crippen molar-refractivity contribution in [2.45, 2.75) is 353 Å². The van der Waals surface area contributed by atoms with Crippen LogP contribution in [0.5, 0.6) is 0 Å². The highest BCUT2D eigenvalue weighted by atomic mass is 16.5. The van der Waals surface area contributed by atoms with Crippen LogP contribution < -0.4 is 5.32 Å². The predicted octanol–water partition coefficient (Wildman–Crippen LogP) is 19.4. The van der Waals surface area contributed by atoms with Crippen molar-refractivity contribution in [2.75, 3.05) is 13.2 Å². The fourth-order valence-electron chi connectivity index (χ4n) is 9.72. The summed E-state index contributed by atoms with van der Waals surface area (Å²) in [6.07, 6.45) is 72.0. The molecule has 0 aromatic rings. The number of carbonyl (C=O) groups excluding carboxylic acids is 2. The third-order valence-corrected chi connectivity index (χ3v) is 14.5. The number of carbonyl (C=O) groups is 2. The third-order valence-electron chi connectivity index (χ3n) is 14.5. The summed E-state index contributed by atoms with van der Waals surface area (Å²) < 4.78 is 5.48. The van der Waals surface area contributed by atoms with Gasteiger partial charge in [-0.05, 0) is 51.4 Å². The first-order valence-electron chi connectivity index (χ1n) is 31.1. The molecule has 408 valence electrons. The molecule has 0 rings (SSSR count). The van der Waals surface area contributed by atoms with Gasteiger partial charge < -0.3 is 20.3 Å². The van der Waals surface area contributed by atoms with Gasteiger partial charge in [0, 0.05) is 12.8 Å². The minimum absolute atomic E-state index is 0.00281. The van der Waals surface area contributed by atoms with Crippen LogP contribution in [-0.2, 0) is 14.3 Å². The average molecular weight is 973 g/mol. The zero-order valence-electron chi connectivity index (χ0n) is 46.6. The molecule has 0 spiro atoms. The molecular formula is C63H121NO5. The smallest absolute Gasteiger partial charge is 0.305 e. The lowest BCUT2D eigenvalue weighted by Crippen LogP contribution is -2.45. The van der Waals surface area contributed by atoms with Crippen molar-refractivity contribution in [3.63, 3.8) is 0 Å². The van der Waals surface area contributed by atoms with Gasteiger partial charge in [0.1, 0.15) is 0 Å². The van der Waals surface area contributed by atoms with Gasteiger partial charge in [-0.3, -0.25) is 9.59 Å². The summed E-state index contributed by atoms with van der Waals surface area (Å²) in [4.78, 5) is 24.5. The lowest BCUT2D eigenvalue weighted by atomic mass is 10.0. The van der Waals surface area contributed by atoms with E-state index in [0.717, 1.165) is 51.4 Å². The van der Waals surface area contributed by atoms with E-state index < -0.39 is 12.1 Å². The van der Waals surface area contributed by atoms with Crippen molar-refractivity contribution in [1.29, 1.82) is 0 Å². The number of hydrogen-bond acceptors (Lipinski definition) is 5. The number of nitrogens with one attached hydrogen (secondary N) is 1. The number of amides is 1. The van der Waals surface area contributed by atoms with Gasteiger partial charge in [-0.25, -0.2) is 0 Å². The van der Waals surface area contributed by atoms with E-state index in [2.05, 4.69) is 43.5 Å². The second kappa shape index (κ2) is 58.9. The highest BCUT2D eigenvalue weighted by Crippen LogP contribution is 2.18. The second-order valence-electron chi connectivity index (χ2n) is 21.4. The van der Waals surface area contributed by atoms with Gasteiger partial charge in [-0.1, -0.05) is 301 Å². The van der Waals surface area contributed by atoms with Crippen molar-refractivity contribution in [1.82, 2.24) is 5.32 Å². The lowest BCUT2D eigenvalue weighted by Gasteiger charge is -2.22. The highest BCUT2D eigenvalue weighted by Gasteiger charge is 2.20. The maximum atomic E-state index is 12.5. The molecule has 0 aromatic heterocycles. The fourth-order valence-corrected chi connectivity index (χ4v) is 9.72. The Balaban J connectivity index is 3.34. The number of allylic oxidation sites excluding steroid dienone is 4. The molecule has 0 radical (unpaired) electrons. The number of rotatable bonds is 58. The first kappa shape index (κ1) is 67.3. The van der Waals surface area contributed by atoms with E-state index in [9.17, 15) is 19.8 Å². The Morgan fingerprint density at radius 3 is 1.14 bits per heavy atom. The summed E-state index contributed by atoms with van der Waals surface area (Å²) in [7, 11) is 0. The van der Waals surface area contributed by atoms with E-state index in [1.165, 1.54) is 257 Å². The summed E-state index contributed by atoms with van der Waals surface area (Å²) in [6, 6.07) is -0.538. The van der Waals surface area contributed by atoms with Gasteiger partial charge in [0.25, 0.3) is 0 Å². The van der Waals surface area contributed by atoms with Crippen LogP contribution in [0.25, 0.3) is 0 Å². The van der Waals surface area contributed by atoms with E-state index in [0.29, 0.717) is 25.9 Å². The molecule has 2 atom stereocenters. The molecule has 0 saturated carbocycles. The van der Waals surface area contributed by atoms with Gasteiger partial charge in [-0.2, -0.15) is 0 Å².